The van der Waals surface area contributed by atoms with Crippen molar-refractivity contribution in [2.24, 2.45) is 0 Å². The summed E-state index contributed by atoms with van der Waals surface area (Å²) < 4.78 is 51.9. The second-order valence-electron chi connectivity index (χ2n) is 5.40. The van der Waals surface area contributed by atoms with Gasteiger partial charge in [-0.1, -0.05) is 12.1 Å². The van der Waals surface area contributed by atoms with E-state index in [9.17, 15) is 12.8 Å². The van der Waals surface area contributed by atoms with Crippen LogP contribution in [-0.2, 0) is 10.0 Å². The molecule has 0 spiro atoms. The fourth-order valence-electron chi connectivity index (χ4n) is 2.64. The van der Waals surface area contributed by atoms with Gasteiger partial charge in [0.1, 0.15) is 17.3 Å². The number of sulfonamides is 1. The molecule has 0 saturated heterocycles. The van der Waals surface area contributed by atoms with Crippen molar-refractivity contribution in [2.45, 2.75) is 24.3 Å². The smallest absolute Gasteiger partial charge is 0.241 e. The Morgan fingerprint density at radius 1 is 1.29 bits per heavy atom. The Morgan fingerprint density at radius 3 is 2.88 bits per heavy atom. The van der Waals surface area contributed by atoms with Crippen LogP contribution in [0.15, 0.2) is 47.4 Å². The number of ether oxygens (including phenoxy) is 2. The molecule has 1 atom stereocenters. The molecule has 1 unspecified atom stereocenters. The lowest BCUT2D eigenvalue weighted by atomic mass is 10.0. The molecule has 0 aromatic heterocycles. The van der Waals surface area contributed by atoms with Gasteiger partial charge in [-0.15, -0.1) is 0 Å². The first-order valence-corrected chi connectivity index (χ1v) is 9.15. The fraction of sp³-hybridized carbons (Fsp3) is 0.294. The third-order valence-electron chi connectivity index (χ3n) is 3.74. The van der Waals surface area contributed by atoms with E-state index in [2.05, 4.69) is 4.72 Å². The van der Waals surface area contributed by atoms with Crippen LogP contribution in [0.25, 0.3) is 0 Å². The van der Waals surface area contributed by atoms with E-state index in [-0.39, 0.29) is 4.90 Å². The summed E-state index contributed by atoms with van der Waals surface area (Å²) in [5.41, 5.74) is 0.740. The third kappa shape index (κ3) is 3.52. The van der Waals surface area contributed by atoms with E-state index in [1.165, 1.54) is 18.2 Å². The SMILES string of the molecule is CCOc1ccc2c(c1)OCCC2NS(=O)(=O)c1cccc(F)c1. The lowest BCUT2D eigenvalue weighted by Crippen LogP contribution is -2.32. The Hall–Kier alpha value is -2.12. The Balaban J connectivity index is 1.87. The molecule has 0 amide bonds. The largest absolute Gasteiger partial charge is 0.494 e. The van der Waals surface area contributed by atoms with Crippen molar-refractivity contribution < 1.29 is 22.3 Å². The topological polar surface area (TPSA) is 64.6 Å². The van der Waals surface area contributed by atoms with E-state index in [1.54, 1.807) is 18.2 Å². The predicted octanol–water partition coefficient (Wildman–Crippen LogP) is 3.03. The first-order valence-electron chi connectivity index (χ1n) is 7.67. The van der Waals surface area contributed by atoms with Crippen molar-refractivity contribution in [1.82, 2.24) is 4.72 Å². The second kappa shape index (κ2) is 6.78. The van der Waals surface area contributed by atoms with Gasteiger partial charge in [0.05, 0.1) is 24.2 Å². The Bertz CT molecular complexity index is 838. The molecule has 1 aliphatic rings. The highest BCUT2D eigenvalue weighted by atomic mass is 32.2. The fourth-order valence-corrected chi connectivity index (χ4v) is 3.92. The standard InChI is InChI=1S/C17H18FNO4S/c1-2-22-13-6-7-15-16(8-9-23-17(15)11-13)19-24(20,21)14-5-3-4-12(18)10-14/h3-7,10-11,16,19H,2,8-9H2,1H3. The first kappa shape index (κ1) is 16.7. The Morgan fingerprint density at radius 2 is 2.12 bits per heavy atom. The molecule has 5 nitrogen and oxygen atoms in total. The molecule has 24 heavy (non-hydrogen) atoms. The summed E-state index contributed by atoms with van der Waals surface area (Å²) >= 11 is 0. The van der Waals surface area contributed by atoms with Crippen LogP contribution in [0.1, 0.15) is 24.9 Å². The van der Waals surface area contributed by atoms with Gasteiger partial charge in [-0.3, -0.25) is 0 Å². The van der Waals surface area contributed by atoms with Crippen LogP contribution in [0, 0.1) is 5.82 Å². The van der Waals surface area contributed by atoms with Gasteiger partial charge in [0.15, 0.2) is 0 Å². The van der Waals surface area contributed by atoms with Gasteiger partial charge < -0.3 is 9.47 Å². The molecule has 1 aliphatic heterocycles. The van der Waals surface area contributed by atoms with Crippen molar-refractivity contribution in [3.8, 4) is 11.5 Å². The van der Waals surface area contributed by atoms with Gasteiger partial charge in [0.25, 0.3) is 0 Å². The minimum absolute atomic E-state index is 0.0959. The van der Waals surface area contributed by atoms with Gasteiger partial charge in [-0.05, 0) is 31.2 Å². The number of hydrogen-bond acceptors (Lipinski definition) is 4. The Labute approximate surface area is 140 Å². The molecule has 0 fully saturated rings. The molecule has 0 saturated carbocycles. The van der Waals surface area contributed by atoms with E-state index < -0.39 is 21.9 Å². The van der Waals surface area contributed by atoms with E-state index in [4.69, 9.17) is 9.47 Å². The summed E-state index contributed by atoms with van der Waals surface area (Å²) in [7, 11) is -3.82. The Kier molecular flexibility index (Phi) is 4.73. The van der Waals surface area contributed by atoms with E-state index in [1.807, 2.05) is 6.92 Å². The highest BCUT2D eigenvalue weighted by Gasteiger charge is 2.27. The van der Waals surface area contributed by atoms with Crippen molar-refractivity contribution in [3.05, 3.63) is 53.8 Å². The first-order chi connectivity index (χ1) is 11.5. The molecule has 1 heterocycles. The molecular weight excluding hydrogens is 333 g/mol. The highest BCUT2D eigenvalue weighted by molar-refractivity contribution is 7.89. The molecular formula is C17H18FNO4S. The third-order valence-corrected chi connectivity index (χ3v) is 5.21. The molecule has 7 heteroatoms. The molecule has 2 aromatic carbocycles. The van der Waals surface area contributed by atoms with Crippen molar-refractivity contribution in [1.29, 1.82) is 0 Å². The van der Waals surface area contributed by atoms with E-state index >= 15 is 0 Å². The van der Waals surface area contributed by atoms with Gasteiger partial charge >= 0.3 is 0 Å². The predicted molar refractivity (Wildman–Crippen MR) is 87.2 cm³/mol. The van der Waals surface area contributed by atoms with E-state index in [0.717, 1.165) is 11.6 Å². The van der Waals surface area contributed by atoms with Crippen LogP contribution in [0.2, 0.25) is 0 Å². The monoisotopic (exact) mass is 351 g/mol. The summed E-state index contributed by atoms with van der Waals surface area (Å²) in [4.78, 5) is -0.0959. The van der Waals surface area contributed by atoms with Crippen LogP contribution >= 0.6 is 0 Å². The zero-order chi connectivity index (χ0) is 17.2. The normalized spacial score (nSPS) is 17.0. The number of nitrogens with one attached hydrogen (secondary N) is 1. The maximum atomic E-state index is 13.3. The van der Waals surface area contributed by atoms with Gasteiger partial charge in [-0.2, -0.15) is 0 Å². The maximum Gasteiger partial charge on any atom is 0.241 e. The zero-order valence-electron chi connectivity index (χ0n) is 13.2. The van der Waals surface area contributed by atoms with Crippen molar-refractivity contribution in [2.75, 3.05) is 13.2 Å². The number of benzene rings is 2. The molecule has 0 aliphatic carbocycles. The number of rotatable bonds is 5. The molecule has 0 bridgehead atoms. The summed E-state index contributed by atoms with van der Waals surface area (Å²) in [5.74, 6) is 0.677. The lowest BCUT2D eigenvalue weighted by molar-refractivity contribution is 0.260. The molecule has 2 aromatic rings. The zero-order valence-corrected chi connectivity index (χ0v) is 14.0. The second-order valence-corrected chi connectivity index (χ2v) is 7.12. The average molecular weight is 351 g/mol. The molecule has 0 radical (unpaired) electrons. The van der Waals surface area contributed by atoms with Crippen molar-refractivity contribution >= 4 is 10.0 Å². The number of halogens is 1. The van der Waals surface area contributed by atoms with Gasteiger partial charge in [-0.25, -0.2) is 17.5 Å². The molecule has 1 N–H and O–H groups in total. The minimum Gasteiger partial charge on any atom is -0.494 e. The van der Waals surface area contributed by atoms with Crippen molar-refractivity contribution in [3.63, 3.8) is 0 Å². The van der Waals surface area contributed by atoms with Crippen LogP contribution in [-0.4, -0.2) is 21.6 Å². The minimum atomic E-state index is -3.82. The lowest BCUT2D eigenvalue weighted by Gasteiger charge is -2.27. The van der Waals surface area contributed by atoms with Crippen LogP contribution in [0.3, 0.4) is 0 Å². The van der Waals surface area contributed by atoms with E-state index in [0.29, 0.717) is 31.1 Å². The summed E-state index contributed by atoms with van der Waals surface area (Å²) in [6, 6.07) is 9.83. The quantitative estimate of drug-likeness (QED) is 0.899. The van der Waals surface area contributed by atoms with Gasteiger partial charge in [0, 0.05) is 18.1 Å². The maximum absolute atomic E-state index is 13.3. The highest BCUT2D eigenvalue weighted by Crippen LogP contribution is 2.35. The van der Waals surface area contributed by atoms with Crippen LogP contribution in [0.4, 0.5) is 4.39 Å². The average Bonchev–Trinajstić information content (AvgIpc) is 2.55. The number of hydrogen-bond donors (Lipinski definition) is 1. The number of fused-ring (bicyclic) bond motifs is 1. The molecule has 3 rings (SSSR count). The summed E-state index contributed by atoms with van der Waals surface area (Å²) in [5, 5.41) is 0. The summed E-state index contributed by atoms with van der Waals surface area (Å²) in [6.07, 6.45) is 0.496. The summed E-state index contributed by atoms with van der Waals surface area (Å²) in [6.45, 7) is 2.81. The van der Waals surface area contributed by atoms with Gasteiger partial charge in [0.2, 0.25) is 10.0 Å². The van der Waals surface area contributed by atoms with Crippen LogP contribution < -0.4 is 14.2 Å². The molecule has 128 valence electrons. The van der Waals surface area contributed by atoms with Crippen LogP contribution in [0.5, 0.6) is 11.5 Å².